The van der Waals surface area contributed by atoms with Crippen LogP contribution in [0.4, 0.5) is 0 Å². The van der Waals surface area contributed by atoms with Gasteiger partial charge in [-0.2, -0.15) is 0 Å². The van der Waals surface area contributed by atoms with Gasteiger partial charge in [0.2, 0.25) is 0 Å². The smallest absolute Gasteiger partial charge is 0.121 e. The molecule has 1 aliphatic rings. The van der Waals surface area contributed by atoms with Gasteiger partial charge in [0.1, 0.15) is 4.75 Å². The van der Waals surface area contributed by atoms with Gasteiger partial charge in [-0.1, -0.05) is 42.4 Å². The van der Waals surface area contributed by atoms with E-state index >= 15 is 0 Å². The second kappa shape index (κ2) is 5.68. The largest absolute Gasteiger partial charge is 0.381 e. The van der Waals surface area contributed by atoms with Crippen molar-refractivity contribution >= 4 is 39.6 Å². The predicted molar refractivity (Wildman–Crippen MR) is 81.6 cm³/mol. The molecule has 1 unspecified atom stereocenters. The van der Waals surface area contributed by atoms with E-state index in [2.05, 4.69) is 5.32 Å². The minimum Gasteiger partial charge on any atom is -0.381 e. The Morgan fingerprint density at radius 1 is 1.39 bits per heavy atom. The van der Waals surface area contributed by atoms with E-state index in [0.717, 1.165) is 24.8 Å². The summed E-state index contributed by atoms with van der Waals surface area (Å²) in [5.41, 5.74) is 1.00. The van der Waals surface area contributed by atoms with Crippen molar-refractivity contribution in [2.75, 3.05) is 12.8 Å². The monoisotopic (exact) mass is 301 g/mol. The van der Waals surface area contributed by atoms with Gasteiger partial charge in [0, 0.05) is 28.6 Å². The summed E-state index contributed by atoms with van der Waals surface area (Å²) in [7, 11) is 0.826. The standard InChI is InChI=1S/C13H16ClNOS2/c1-15-12(17)13(8-2-3-9-18(13)16)10-4-6-11(14)7-5-10/h4-7H,2-3,8-9H2,1H3,(H,15,17)/t13-,18?/m1/s1. The Morgan fingerprint density at radius 2 is 2.06 bits per heavy atom. The van der Waals surface area contributed by atoms with Crippen LogP contribution in [0, 0.1) is 0 Å². The third-order valence-corrected chi connectivity index (χ3v) is 6.42. The molecule has 0 amide bonds. The number of nitrogens with one attached hydrogen (secondary N) is 1. The molecule has 0 aromatic heterocycles. The number of likely N-dealkylation sites (N-methyl/N-ethyl adjacent to an activating group) is 1. The lowest BCUT2D eigenvalue weighted by atomic mass is 9.91. The van der Waals surface area contributed by atoms with Crippen LogP contribution in [-0.4, -0.2) is 22.0 Å². The van der Waals surface area contributed by atoms with E-state index in [0.29, 0.717) is 15.8 Å². The Hall–Kier alpha value is -0.450. The highest BCUT2D eigenvalue weighted by molar-refractivity contribution is 7.90. The van der Waals surface area contributed by atoms with Crippen LogP contribution < -0.4 is 5.32 Å². The molecule has 0 saturated carbocycles. The second-order valence-corrected chi connectivity index (χ2v) is 7.06. The fraction of sp³-hybridized carbons (Fsp3) is 0.462. The minimum atomic E-state index is -0.971. The first-order valence-corrected chi connectivity index (χ1v) is 8.08. The number of thiocarbonyl (C=S) groups is 1. The first-order chi connectivity index (χ1) is 8.61. The summed E-state index contributed by atoms with van der Waals surface area (Å²) >= 11 is 11.4. The average Bonchev–Trinajstić information content (AvgIpc) is 2.40. The van der Waals surface area contributed by atoms with Gasteiger partial charge in [0.15, 0.2) is 0 Å². The second-order valence-electron chi connectivity index (χ2n) is 4.42. The number of halogens is 1. The molecule has 0 radical (unpaired) electrons. The Labute approximate surface area is 121 Å². The van der Waals surface area contributed by atoms with Crippen molar-refractivity contribution in [3.63, 3.8) is 0 Å². The Kier molecular flexibility index (Phi) is 4.41. The van der Waals surface area contributed by atoms with E-state index in [1.165, 1.54) is 0 Å². The summed E-state index contributed by atoms with van der Waals surface area (Å²) in [5, 5.41) is 3.71. The van der Waals surface area contributed by atoms with E-state index in [9.17, 15) is 4.21 Å². The molecular weight excluding hydrogens is 286 g/mol. The quantitative estimate of drug-likeness (QED) is 0.852. The van der Waals surface area contributed by atoms with Crippen molar-refractivity contribution in [1.82, 2.24) is 5.32 Å². The van der Waals surface area contributed by atoms with Gasteiger partial charge in [0.05, 0.1) is 4.99 Å². The Morgan fingerprint density at radius 3 is 2.61 bits per heavy atom. The van der Waals surface area contributed by atoms with E-state index in [1.54, 1.807) is 7.05 Å². The van der Waals surface area contributed by atoms with Gasteiger partial charge < -0.3 is 5.32 Å². The normalized spacial score (nSPS) is 27.8. The third-order valence-electron chi connectivity index (χ3n) is 3.40. The third kappa shape index (κ3) is 2.33. The summed E-state index contributed by atoms with van der Waals surface area (Å²) in [5.74, 6) is 0.713. The zero-order valence-electron chi connectivity index (χ0n) is 10.2. The average molecular weight is 302 g/mol. The molecule has 1 N–H and O–H groups in total. The molecule has 1 aromatic rings. The summed E-state index contributed by atoms with van der Waals surface area (Å²) in [6.45, 7) is 0. The van der Waals surface area contributed by atoms with Gasteiger partial charge in [0.25, 0.3) is 0 Å². The van der Waals surface area contributed by atoms with Crippen LogP contribution in [-0.2, 0) is 15.5 Å². The summed E-state index contributed by atoms with van der Waals surface area (Å²) in [6, 6.07) is 7.55. The molecule has 2 rings (SSSR count). The van der Waals surface area contributed by atoms with E-state index in [-0.39, 0.29) is 0 Å². The topological polar surface area (TPSA) is 29.1 Å². The van der Waals surface area contributed by atoms with Crippen LogP contribution in [0.5, 0.6) is 0 Å². The summed E-state index contributed by atoms with van der Waals surface area (Å²) in [4.78, 5) is 0.669. The molecule has 1 heterocycles. The highest BCUT2D eigenvalue weighted by Gasteiger charge is 2.44. The highest BCUT2D eigenvalue weighted by atomic mass is 35.5. The van der Waals surface area contributed by atoms with E-state index in [4.69, 9.17) is 23.8 Å². The molecule has 0 spiro atoms. The summed E-state index contributed by atoms with van der Waals surface area (Å²) in [6.07, 6.45) is 2.89. The fourth-order valence-electron chi connectivity index (χ4n) is 2.44. The minimum absolute atomic E-state index is 0.535. The van der Waals surface area contributed by atoms with Crippen LogP contribution in [0.1, 0.15) is 24.8 Å². The zero-order valence-corrected chi connectivity index (χ0v) is 12.6. The maximum absolute atomic E-state index is 12.6. The maximum atomic E-state index is 12.6. The molecule has 1 saturated heterocycles. The van der Waals surface area contributed by atoms with Crippen molar-refractivity contribution < 1.29 is 4.21 Å². The van der Waals surface area contributed by atoms with E-state index < -0.39 is 15.5 Å². The highest BCUT2D eigenvalue weighted by Crippen LogP contribution is 2.39. The van der Waals surface area contributed by atoms with Crippen molar-refractivity contribution in [3.05, 3.63) is 34.9 Å². The van der Waals surface area contributed by atoms with Crippen LogP contribution in [0.25, 0.3) is 0 Å². The fourth-order valence-corrected chi connectivity index (χ4v) is 4.96. The lowest BCUT2D eigenvalue weighted by molar-refractivity contribution is 0.574. The van der Waals surface area contributed by atoms with Crippen LogP contribution in [0.3, 0.4) is 0 Å². The molecule has 1 aliphatic heterocycles. The molecule has 98 valence electrons. The van der Waals surface area contributed by atoms with Crippen LogP contribution in [0.15, 0.2) is 24.3 Å². The molecule has 2 nitrogen and oxygen atoms in total. The van der Waals surface area contributed by atoms with Gasteiger partial charge in [-0.05, 0) is 30.5 Å². The molecule has 18 heavy (non-hydrogen) atoms. The van der Waals surface area contributed by atoms with Crippen LogP contribution in [0.2, 0.25) is 5.02 Å². The Bertz CT molecular complexity index is 464. The lowest BCUT2D eigenvalue weighted by Crippen LogP contribution is -2.47. The molecule has 0 bridgehead atoms. The van der Waals surface area contributed by atoms with Gasteiger partial charge in [-0.15, -0.1) is 0 Å². The van der Waals surface area contributed by atoms with Crippen molar-refractivity contribution in [3.8, 4) is 0 Å². The lowest BCUT2D eigenvalue weighted by Gasteiger charge is -2.37. The number of hydrogen-bond acceptors (Lipinski definition) is 2. The molecule has 2 atom stereocenters. The molecule has 0 aliphatic carbocycles. The van der Waals surface area contributed by atoms with Crippen molar-refractivity contribution in [1.29, 1.82) is 0 Å². The zero-order chi connectivity index (χ0) is 13.2. The first kappa shape index (κ1) is 14.0. The molecule has 5 heteroatoms. The van der Waals surface area contributed by atoms with E-state index in [1.807, 2.05) is 24.3 Å². The number of rotatable bonds is 2. The molecule has 1 fully saturated rings. The van der Waals surface area contributed by atoms with Crippen LogP contribution >= 0.6 is 23.8 Å². The number of hydrogen-bond donors (Lipinski definition) is 1. The van der Waals surface area contributed by atoms with Gasteiger partial charge in [-0.25, -0.2) is 0 Å². The first-order valence-electron chi connectivity index (χ1n) is 5.98. The number of benzene rings is 1. The Balaban J connectivity index is 2.51. The van der Waals surface area contributed by atoms with Gasteiger partial charge >= 0.3 is 0 Å². The SMILES string of the molecule is CNC(=S)[C@]1(c2ccc(Cl)cc2)CCCCS1=O. The van der Waals surface area contributed by atoms with Gasteiger partial charge in [-0.3, -0.25) is 4.21 Å². The van der Waals surface area contributed by atoms with Crippen molar-refractivity contribution in [2.24, 2.45) is 0 Å². The van der Waals surface area contributed by atoms with Crippen molar-refractivity contribution in [2.45, 2.75) is 24.0 Å². The predicted octanol–water partition coefficient (Wildman–Crippen LogP) is 3.01. The maximum Gasteiger partial charge on any atom is 0.121 e. The summed E-state index contributed by atoms with van der Waals surface area (Å²) < 4.78 is 12.0. The molecule has 1 aromatic carbocycles. The molecular formula is C13H16ClNOS2.